The third-order valence-electron chi connectivity index (χ3n) is 11.4. The molecule has 1 aliphatic heterocycles. The molecule has 0 radical (unpaired) electrons. The maximum absolute atomic E-state index is 6.55. The van der Waals surface area contributed by atoms with E-state index in [1.165, 1.54) is 27.1 Å². The lowest BCUT2D eigenvalue weighted by Crippen LogP contribution is -2.09. The van der Waals surface area contributed by atoms with E-state index in [0.717, 1.165) is 84.0 Å². The van der Waals surface area contributed by atoms with Gasteiger partial charge in [-0.2, -0.15) is 0 Å². The highest BCUT2D eigenvalue weighted by molar-refractivity contribution is 6.19. The fraction of sp³-hybridized carbons (Fsp3) is 0. The van der Waals surface area contributed by atoms with Crippen molar-refractivity contribution in [1.29, 1.82) is 0 Å². The summed E-state index contributed by atoms with van der Waals surface area (Å²) in [5.41, 5.74) is 12.9. The van der Waals surface area contributed by atoms with Gasteiger partial charge in [0, 0.05) is 44.7 Å². The van der Waals surface area contributed by atoms with Crippen molar-refractivity contribution in [2.75, 3.05) is 4.90 Å². The zero-order valence-corrected chi connectivity index (χ0v) is 30.2. The van der Waals surface area contributed by atoms with E-state index in [1.807, 2.05) is 0 Å². The predicted molar refractivity (Wildman–Crippen MR) is 231 cm³/mol. The first-order valence-corrected chi connectivity index (χ1v) is 19.0. The molecule has 0 spiro atoms. The molecular weight excluding hydrogens is 685 g/mol. The summed E-state index contributed by atoms with van der Waals surface area (Å²) in [5.74, 6) is 1.75. The molecule has 4 heteroatoms. The third kappa shape index (κ3) is 4.66. The van der Waals surface area contributed by atoms with Gasteiger partial charge in [0.05, 0.1) is 16.7 Å². The zero-order chi connectivity index (χ0) is 36.7. The molecule has 0 amide bonds. The molecule has 9 aromatic carbocycles. The van der Waals surface area contributed by atoms with Gasteiger partial charge in [-0.15, -0.1) is 0 Å². The number of hydrogen-bond donors (Lipinski definition) is 0. The monoisotopic (exact) mass is 716 g/mol. The fourth-order valence-electron chi connectivity index (χ4n) is 8.75. The Morgan fingerprint density at radius 2 is 1.05 bits per heavy atom. The smallest absolute Gasteiger partial charge is 0.152 e. The van der Waals surface area contributed by atoms with Crippen molar-refractivity contribution in [2.45, 2.75) is 0 Å². The third-order valence-corrected chi connectivity index (χ3v) is 11.4. The number of aromatic nitrogens is 1. The quantitative estimate of drug-likeness (QED) is 0.178. The van der Waals surface area contributed by atoms with E-state index >= 15 is 0 Å². The lowest BCUT2D eigenvalue weighted by atomic mass is 9.99. The molecule has 2 aromatic heterocycles. The van der Waals surface area contributed by atoms with Crippen LogP contribution in [0.2, 0.25) is 0 Å². The van der Waals surface area contributed by atoms with Crippen molar-refractivity contribution < 1.29 is 9.15 Å². The summed E-state index contributed by atoms with van der Waals surface area (Å²) >= 11 is 0. The van der Waals surface area contributed by atoms with Crippen LogP contribution in [0.25, 0.3) is 82.5 Å². The molecule has 0 atom stereocenters. The normalized spacial score (nSPS) is 12.1. The molecule has 3 heterocycles. The summed E-state index contributed by atoms with van der Waals surface area (Å²) in [4.78, 5) is 2.29. The van der Waals surface area contributed by atoms with E-state index in [9.17, 15) is 0 Å². The Kier molecular flexibility index (Phi) is 6.60. The second-order valence-corrected chi connectivity index (χ2v) is 14.5. The molecule has 0 bridgehead atoms. The lowest BCUT2D eigenvalue weighted by Gasteiger charge is -2.25. The van der Waals surface area contributed by atoms with Gasteiger partial charge in [-0.25, -0.2) is 0 Å². The van der Waals surface area contributed by atoms with Crippen LogP contribution in [0.15, 0.2) is 199 Å². The first-order chi connectivity index (χ1) is 27.7. The van der Waals surface area contributed by atoms with Crippen LogP contribution >= 0.6 is 0 Å². The van der Waals surface area contributed by atoms with Gasteiger partial charge >= 0.3 is 0 Å². The number of para-hydroxylation sites is 3. The van der Waals surface area contributed by atoms with Crippen LogP contribution in [0.5, 0.6) is 11.5 Å². The molecule has 11 aromatic rings. The van der Waals surface area contributed by atoms with Gasteiger partial charge in [-0.05, 0) is 99.8 Å². The van der Waals surface area contributed by atoms with Crippen molar-refractivity contribution in [3.8, 4) is 39.4 Å². The molecule has 0 saturated carbocycles. The van der Waals surface area contributed by atoms with Gasteiger partial charge in [0.25, 0.3) is 0 Å². The van der Waals surface area contributed by atoms with Crippen molar-refractivity contribution in [1.82, 2.24) is 4.57 Å². The van der Waals surface area contributed by atoms with E-state index in [4.69, 9.17) is 9.15 Å². The Balaban J connectivity index is 0.867. The Labute approximate surface area is 322 Å². The topological polar surface area (TPSA) is 30.5 Å². The molecule has 262 valence electrons. The molecule has 4 nitrogen and oxygen atoms in total. The SMILES string of the molecule is c1ccc(N(c2ccc(-c3ccc(-c4ccc5c(c4)Oc4cccc6c7ccccc7n-5c46)cc3)cc2)c2ccc3c(c2)oc2ccc4ccccc4c23)cc1. The Hall–Kier alpha value is -7.56. The Morgan fingerprint density at radius 1 is 0.393 bits per heavy atom. The molecule has 0 saturated heterocycles. The van der Waals surface area contributed by atoms with Gasteiger partial charge in [0.15, 0.2) is 11.5 Å². The zero-order valence-electron chi connectivity index (χ0n) is 30.2. The van der Waals surface area contributed by atoms with Crippen molar-refractivity contribution in [3.05, 3.63) is 194 Å². The van der Waals surface area contributed by atoms with Crippen LogP contribution in [0, 0.1) is 0 Å². The summed E-state index contributed by atoms with van der Waals surface area (Å²) in [7, 11) is 0. The van der Waals surface area contributed by atoms with Crippen LogP contribution in [0.3, 0.4) is 0 Å². The summed E-state index contributed by atoms with van der Waals surface area (Å²) < 4.78 is 15.4. The number of benzene rings is 9. The molecular formula is C52H32N2O2. The van der Waals surface area contributed by atoms with Gasteiger partial charge in [0.1, 0.15) is 11.2 Å². The number of anilines is 3. The molecule has 56 heavy (non-hydrogen) atoms. The van der Waals surface area contributed by atoms with Crippen LogP contribution in [-0.2, 0) is 0 Å². The molecule has 0 aliphatic carbocycles. The van der Waals surface area contributed by atoms with Crippen molar-refractivity contribution in [3.63, 3.8) is 0 Å². The summed E-state index contributed by atoms with van der Waals surface area (Å²) in [6.45, 7) is 0. The highest BCUT2D eigenvalue weighted by Gasteiger charge is 2.24. The predicted octanol–water partition coefficient (Wildman–Crippen LogP) is 14.7. The van der Waals surface area contributed by atoms with Crippen LogP contribution in [0.1, 0.15) is 0 Å². The average Bonchev–Trinajstić information content (AvgIpc) is 3.81. The van der Waals surface area contributed by atoms with Gasteiger partial charge in [0.2, 0.25) is 0 Å². The molecule has 0 N–H and O–H groups in total. The van der Waals surface area contributed by atoms with Gasteiger partial charge in [-0.3, -0.25) is 0 Å². The minimum atomic E-state index is 0.861. The maximum Gasteiger partial charge on any atom is 0.152 e. The number of rotatable bonds is 5. The number of ether oxygens (including phenoxy) is 1. The lowest BCUT2D eigenvalue weighted by molar-refractivity contribution is 0.476. The van der Waals surface area contributed by atoms with E-state index in [0.29, 0.717) is 0 Å². The van der Waals surface area contributed by atoms with E-state index in [2.05, 4.69) is 204 Å². The standard InChI is InChI=1S/C52H32N2O2/c1-2-10-38(11-3-1)53(40-27-28-44-49(32-40)55-47-30-24-36-9-4-5-12-41(36)51(44)47)39-25-21-34(22-26-39)33-17-19-35(20-18-33)37-23-29-46-50(31-37)56-48-16-8-14-43-42-13-6-7-15-45(42)54(46)52(43)48/h1-32H. The van der Waals surface area contributed by atoms with Crippen molar-refractivity contribution in [2.24, 2.45) is 0 Å². The van der Waals surface area contributed by atoms with Gasteiger partial charge < -0.3 is 18.6 Å². The number of furan rings is 1. The summed E-state index contributed by atoms with van der Waals surface area (Å²) in [6.07, 6.45) is 0. The number of hydrogen-bond acceptors (Lipinski definition) is 3. The second kappa shape index (κ2) is 12.0. The largest absolute Gasteiger partial charge is 0.456 e. The highest BCUT2D eigenvalue weighted by atomic mass is 16.5. The van der Waals surface area contributed by atoms with E-state index in [1.54, 1.807) is 0 Å². The number of nitrogens with zero attached hydrogens (tertiary/aromatic N) is 2. The first-order valence-electron chi connectivity index (χ1n) is 19.0. The van der Waals surface area contributed by atoms with Crippen LogP contribution in [0.4, 0.5) is 17.1 Å². The van der Waals surface area contributed by atoms with Crippen molar-refractivity contribution >= 4 is 71.6 Å². The fourth-order valence-corrected chi connectivity index (χ4v) is 8.75. The van der Waals surface area contributed by atoms with Gasteiger partial charge in [-0.1, -0.05) is 121 Å². The summed E-state index contributed by atoms with van der Waals surface area (Å²) in [5, 5.41) is 7.15. The van der Waals surface area contributed by atoms with Crippen LogP contribution < -0.4 is 9.64 Å². The van der Waals surface area contributed by atoms with E-state index < -0.39 is 0 Å². The molecule has 1 aliphatic rings. The minimum absolute atomic E-state index is 0.861. The van der Waals surface area contributed by atoms with Crippen LogP contribution in [-0.4, -0.2) is 4.57 Å². The molecule has 12 rings (SSSR count). The average molecular weight is 717 g/mol. The first kappa shape index (κ1) is 30.9. The van der Waals surface area contributed by atoms with E-state index in [-0.39, 0.29) is 0 Å². The number of fused-ring (bicyclic) bond motifs is 10. The molecule has 0 fully saturated rings. The summed E-state index contributed by atoms with van der Waals surface area (Å²) in [6, 6.07) is 68.9. The minimum Gasteiger partial charge on any atom is -0.456 e. The second-order valence-electron chi connectivity index (χ2n) is 14.5. The maximum atomic E-state index is 6.55. The Bertz CT molecular complexity index is 3320. The molecule has 0 unspecified atom stereocenters. The highest BCUT2D eigenvalue weighted by Crippen LogP contribution is 2.46. The Morgan fingerprint density at radius 3 is 1.89 bits per heavy atom.